The molecule has 0 saturated carbocycles. The van der Waals surface area contributed by atoms with E-state index in [1.807, 2.05) is 0 Å². The van der Waals surface area contributed by atoms with Crippen LogP contribution in [0, 0.1) is 5.82 Å². The smallest absolute Gasteiger partial charge is 0.232 e. The molecule has 0 radical (unpaired) electrons. The van der Waals surface area contributed by atoms with E-state index in [0.29, 0.717) is 5.69 Å². The van der Waals surface area contributed by atoms with Crippen molar-refractivity contribution in [1.29, 1.82) is 0 Å². The lowest BCUT2D eigenvalue weighted by molar-refractivity contribution is 0.609. The van der Waals surface area contributed by atoms with Crippen molar-refractivity contribution in [3.8, 4) is 11.3 Å². The van der Waals surface area contributed by atoms with Crippen LogP contribution in [0.1, 0.15) is 5.56 Å². The second-order valence-electron chi connectivity index (χ2n) is 3.77. The summed E-state index contributed by atoms with van der Waals surface area (Å²) >= 11 is 0. The predicted molar refractivity (Wildman–Crippen MR) is 67.3 cm³/mol. The number of aromatic nitrogens is 2. The molecule has 4 nitrogen and oxygen atoms in total. The van der Waals surface area contributed by atoms with Crippen molar-refractivity contribution < 1.29 is 12.8 Å². The zero-order valence-corrected chi connectivity index (χ0v) is 10.8. The van der Waals surface area contributed by atoms with Gasteiger partial charge in [0.15, 0.2) is 0 Å². The molecule has 0 amide bonds. The second kappa shape index (κ2) is 5.07. The minimum absolute atomic E-state index is 0.164. The normalized spacial score (nSPS) is 11.7. The molecule has 0 fully saturated rings. The molecule has 0 atom stereocenters. The van der Waals surface area contributed by atoms with Gasteiger partial charge in [-0.05, 0) is 36.2 Å². The highest BCUT2D eigenvalue weighted by atomic mass is 35.7. The fourth-order valence-corrected chi connectivity index (χ4v) is 2.29. The van der Waals surface area contributed by atoms with Crippen molar-refractivity contribution >= 4 is 19.7 Å². The monoisotopic (exact) mass is 288 g/mol. The molecule has 0 bridgehead atoms. The summed E-state index contributed by atoms with van der Waals surface area (Å²) < 4.78 is 34.6. The van der Waals surface area contributed by atoms with Gasteiger partial charge in [0.2, 0.25) is 9.05 Å². The number of H-pyrrole nitrogens is 1. The van der Waals surface area contributed by atoms with Crippen LogP contribution < -0.4 is 0 Å². The van der Waals surface area contributed by atoms with Crippen LogP contribution in [0.3, 0.4) is 0 Å². The third-order valence-corrected chi connectivity index (χ3v) is 3.62. The Balaban J connectivity index is 2.25. The van der Waals surface area contributed by atoms with E-state index >= 15 is 0 Å². The lowest BCUT2D eigenvalue weighted by Crippen LogP contribution is -2.01. The number of hydrogen-bond donors (Lipinski definition) is 1. The quantitative estimate of drug-likeness (QED) is 0.878. The molecule has 0 aliphatic rings. The summed E-state index contributed by atoms with van der Waals surface area (Å²) in [6, 6.07) is 5.86. The standard InChI is InChI=1S/C11H10ClFN2O2S/c12-18(16,17)6-5-9-7-14-15-11(9)8-1-3-10(13)4-2-8/h1-4,7H,5-6H2,(H,14,15). The minimum Gasteiger partial charge on any atom is -0.278 e. The number of benzene rings is 1. The largest absolute Gasteiger partial charge is 0.278 e. The van der Waals surface area contributed by atoms with Gasteiger partial charge in [-0.2, -0.15) is 5.10 Å². The van der Waals surface area contributed by atoms with Crippen molar-refractivity contribution in [2.75, 3.05) is 5.75 Å². The van der Waals surface area contributed by atoms with Crippen molar-refractivity contribution in [2.24, 2.45) is 0 Å². The van der Waals surface area contributed by atoms with Gasteiger partial charge < -0.3 is 0 Å². The van der Waals surface area contributed by atoms with Gasteiger partial charge in [0.1, 0.15) is 5.82 Å². The van der Waals surface area contributed by atoms with E-state index in [0.717, 1.165) is 11.1 Å². The molecule has 2 aromatic rings. The van der Waals surface area contributed by atoms with Crippen LogP contribution in [0.25, 0.3) is 11.3 Å². The van der Waals surface area contributed by atoms with Gasteiger partial charge in [-0.15, -0.1) is 0 Å². The fraction of sp³-hybridized carbons (Fsp3) is 0.182. The number of rotatable bonds is 4. The zero-order chi connectivity index (χ0) is 13.2. The van der Waals surface area contributed by atoms with Gasteiger partial charge in [0, 0.05) is 16.2 Å². The molecule has 1 heterocycles. The Morgan fingerprint density at radius 3 is 2.56 bits per heavy atom. The highest BCUT2D eigenvalue weighted by Crippen LogP contribution is 2.22. The maximum atomic E-state index is 12.8. The van der Waals surface area contributed by atoms with Crippen LogP contribution in [-0.4, -0.2) is 24.4 Å². The van der Waals surface area contributed by atoms with E-state index < -0.39 is 9.05 Å². The Hall–Kier alpha value is -1.40. The number of nitrogens with one attached hydrogen (secondary N) is 1. The number of aryl methyl sites for hydroxylation is 1. The SMILES string of the molecule is O=S(=O)(Cl)CCc1cn[nH]c1-c1ccc(F)cc1. The van der Waals surface area contributed by atoms with Crippen LogP contribution in [0.15, 0.2) is 30.5 Å². The highest BCUT2D eigenvalue weighted by molar-refractivity contribution is 8.13. The zero-order valence-electron chi connectivity index (χ0n) is 9.23. The van der Waals surface area contributed by atoms with Crippen molar-refractivity contribution in [3.63, 3.8) is 0 Å². The molecule has 0 spiro atoms. The van der Waals surface area contributed by atoms with Gasteiger partial charge in [0.25, 0.3) is 0 Å². The first-order chi connectivity index (χ1) is 8.46. The average molecular weight is 289 g/mol. The summed E-state index contributed by atoms with van der Waals surface area (Å²) in [6.07, 6.45) is 1.80. The van der Waals surface area contributed by atoms with Crippen LogP contribution in [-0.2, 0) is 15.5 Å². The lowest BCUT2D eigenvalue weighted by atomic mass is 10.1. The maximum absolute atomic E-state index is 12.8. The van der Waals surface area contributed by atoms with Gasteiger partial charge >= 0.3 is 0 Å². The molecule has 0 aliphatic carbocycles. The third kappa shape index (κ3) is 3.30. The summed E-state index contributed by atoms with van der Waals surface area (Å²) in [5.74, 6) is -0.495. The summed E-state index contributed by atoms with van der Waals surface area (Å²) in [4.78, 5) is 0. The van der Waals surface area contributed by atoms with E-state index in [4.69, 9.17) is 10.7 Å². The summed E-state index contributed by atoms with van der Waals surface area (Å²) in [7, 11) is 1.63. The summed E-state index contributed by atoms with van der Waals surface area (Å²) in [5, 5.41) is 6.63. The van der Waals surface area contributed by atoms with Crippen molar-refractivity contribution in [3.05, 3.63) is 41.8 Å². The molecule has 0 aliphatic heterocycles. The Morgan fingerprint density at radius 1 is 1.28 bits per heavy atom. The highest BCUT2D eigenvalue weighted by Gasteiger charge is 2.11. The van der Waals surface area contributed by atoms with Crippen LogP contribution in [0.4, 0.5) is 4.39 Å². The Morgan fingerprint density at radius 2 is 1.94 bits per heavy atom. The van der Waals surface area contributed by atoms with E-state index in [2.05, 4.69) is 10.2 Å². The predicted octanol–water partition coefficient (Wildman–Crippen LogP) is 2.33. The molecular weight excluding hydrogens is 279 g/mol. The molecule has 96 valence electrons. The van der Waals surface area contributed by atoms with Gasteiger partial charge in [-0.25, -0.2) is 12.8 Å². The maximum Gasteiger partial charge on any atom is 0.232 e. The van der Waals surface area contributed by atoms with Crippen LogP contribution in [0.5, 0.6) is 0 Å². The lowest BCUT2D eigenvalue weighted by Gasteiger charge is -2.02. The molecule has 1 aromatic carbocycles. The Labute approximate surface area is 108 Å². The van der Waals surface area contributed by atoms with Gasteiger partial charge in [0.05, 0.1) is 17.6 Å². The first-order valence-electron chi connectivity index (χ1n) is 5.16. The Kier molecular flexibility index (Phi) is 3.68. The second-order valence-corrected chi connectivity index (χ2v) is 6.67. The van der Waals surface area contributed by atoms with Gasteiger partial charge in [-0.3, -0.25) is 5.10 Å². The molecule has 0 unspecified atom stereocenters. The van der Waals surface area contributed by atoms with Crippen LogP contribution >= 0.6 is 10.7 Å². The van der Waals surface area contributed by atoms with Crippen molar-refractivity contribution in [2.45, 2.75) is 6.42 Å². The number of aromatic amines is 1. The number of hydrogen-bond acceptors (Lipinski definition) is 3. The first-order valence-corrected chi connectivity index (χ1v) is 7.64. The molecule has 0 saturated heterocycles. The Bertz CT molecular complexity index is 637. The average Bonchev–Trinajstić information content (AvgIpc) is 2.75. The summed E-state index contributed by atoms with van der Waals surface area (Å²) in [5.41, 5.74) is 2.15. The minimum atomic E-state index is -3.54. The molecule has 1 aromatic heterocycles. The van der Waals surface area contributed by atoms with Crippen LogP contribution in [0.2, 0.25) is 0 Å². The van der Waals surface area contributed by atoms with E-state index in [-0.39, 0.29) is 18.0 Å². The van der Waals surface area contributed by atoms with E-state index in [9.17, 15) is 12.8 Å². The van der Waals surface area contributed by atoms with E-state index in [1.165, 1.54) is 12.1 Å². The third-order valence-electron chi connectivity index (χ3n) is 2.47. The van der Waals surface area contributed by atoms with Crippen molar-refractivity contribution in [1.82, 2.24) is 10.2 Å². The fourth-order valence-electron chi connectivity index (χ4n) is 1.60. The molecule has 2 rings (SSSR count). The van der Waals surface area contributed by atoms with Gasteiger partial charge in [-0.1, -0.05) is 0 Å². The summed E-state index contributed by atoms with van der Waals surface area (Å²) in [6.45, 7) is 0. The first kappa shape index (κ1) is 13.0. The number of halogens is 2. The molecular formula is C11H10ClFN2O2S. The van der Waals surface area contributed by atoms with E-state index in [1.54, 1.807) is 18.3 Å². The topological polar surface area (TPSA) is 62.8 Å². The number of nitrogens with zero attached hydrogens (tertiary/aromatic N) is 1. The molecule has 7 heteroatoms. The molecule has 1 N–H and O–H groups in total. The molecule has 18 heavy (non-hydrogen) atoms.